The minimum Gasteiger partial charge on any atom is -0.368 e. The Morgan fingerprint density at radius 3 is 3.00 bits per heavy atom. The lowest BCUT2D eigenvalue weighted by atomic mass is 10.1. The molecule has 2 aromatic rings. The number of hydrogen-bond acceptors (Lipinski definition) is 6. The summed E-state index contributed by atoms with van der Waals surface area (Å²) >= 11 is 5.92. The van der Waals surface area contributed by atoms with Crippen molar-refractivity contribution in [1.29, 1.82) is 0 Å². The lowest BCUT2D eigenvalue weighted by Crippen LogP contribution is -2.37. The van der Waals surface area contributed by atoms with E-state index in [1.54, 1.807) is 18.7 Å². The maximum absolute atomic E-state index is 5.92. The third-order valence-corrected chi connectivity index (χ3v) is 3.42. The van der Waals surface area contributed by atoms with Crippen LogP contribution in [0.2, 0.25) is 5.15 Å². The Hall–Kier alpha value is -1.89. The molecule has 0 spiro atoms. The lowest BCUT2D eigenvalue weighted by Gasteiger charge is -2.33. The molecule has 7 nitrogen and oxygen atoms in total. The Labute approximate surface area is 115 Å². The molecule has 2 aromatic heterocycles. The normalized spacial score (nSPS) is 19.6. The van der Waals surface area contributed by atoms with E-state index < -0.39 is 0 Å². The molecular weight excluding hydrogens is 266 g/mol. The number of halogens is 1. The third-order valence-electron chi connectivity index (χ3n) is 3.23. The second kappa shape index (κ2) is 5.00. The Morgan fingerprint density at radius 2 is 2.26 bits per heavy atom. The fourth-order valence-electron chi connectivity index (χ4n) is 2.37. The van der Waals surface area contributed by atoms with E-state index in [2.05, 4.69) is 25.0 Å². The molecule has 3 heterocycles. The van der Waals surface area contributed by atoms with Crippen molar-refractivity contribution in [3.63, 3.8) is 0 Å². The molecule has 0 bridgehead atoms. The topological polar surface area (TPSA) is 85.8 Å². The summed E-state index contributed by atoms with van der Waals surface area (Å²) in [6, 6.07) is 2.04. The summed E-state index contributed by atoms with van der Waals surface area (Å²) in [6.45, 7) is 1.74. The van der Waals surface area contributed by atoms with E-state index in [0.29, 0.717) is 11.2 Å². The van der Waals surface area contributed by atoms with Gasteiger partial charge in [0.1, 0.15) is 23.6 Å². The van der Waals surface area contributed by atoms with Gasteiger partial charge < -0.3 is 10.6 Å². The summed E-state index contributed by atoms with van der Waals surface area (Å²) < 4.78 is 1.89. The van der Waals surface area contributed by atoms with Crippen LogP contribution in [0.5, 0.6) is 0 Å². The first-order chi connectivity index (χ1) is 9.22. The van der Waals surface area contributed by atoms with Gasteiger partial charge in [0.25, 0.3) is 0 Å². The van der Waals surface area contributed by atoms with Crippen molar-refractivity contribution >= 4 is 23.4 Å². The first-order valence-corrected chi connectivity index (χ1v) is 6.49. The van der Waals surface area contributed by atoms with Crippen LogP contribution in [0.15, 0.2) is 18.7 Å². The first kappa shape index (κ1) is 12.2. The molecule has 0 aliphatic carbocycles. The van der Waals surface area contributed by atoms with Crippen LogP contribution in [0.4, 0.5) is 11.8 Å². The Balaban J connectivity index is 1.81. The molecule has 0 radical (unpaired) electrons. The molecule has 1 aliphatic heterocycles. The highest BCUT2D eigenvalue weighted by atomic mass is 35.5. The molecule has 0 saturated carbocycles. The molecule has 2 N–H and O–H groups in total. The van der Waals surface area contributed by atoms with E-state index >= 15 is 0 Å². The summed E-state index contributed by atoms with van der Waals surface area (Å²) in [5.74, 6) is 0.965. The van der Waals surface area contributed by atoms with Crippen LogP contribution in [0.3, 0.4) is 0 Å². The molecule has 0 amide bonds. The number of hydrogen-bond donors (Lipinski definition) is 1. The average molecular weight is 280 g/mol. The number of nitrogen functional groups attached to an aromatic ring is 1. The van der Waals surface area contributed by atoms with Crippen molar-refractivity contribution in [2.75, 3.05) is 23.7 Å². The second-order valence-corrected chi connectivity index (χ2v) is 4.91. The van der Waals surface area contributed by atoms with E-state index in [1.807, 2.05) is 4.68 Å². The maximum atomic E-state index is 5.92. The maximum Gasteiger partial charge on any atom is 0.223 e. The van der Waals surface area contributed by atoms with Crippen LogP contribution >= 0.6 is 11.6 Å². The highest BCUT2D eigenvalue weighted by molar-refractivity contribution is 6.29. The summed E-state index contributed by atoms with van der Waals surface area (Å²) in [5, 5.41) is 4.56. The van der Waals surface area contributed by atoms with Gasteiger partial charge in [0.2, 0.25) is 5.95 Å². The van der Waals surface area contributed by atoms with Crippen LogP contribution in [-0.2, 0) is 0 Å². The number of nitrogens with zero attached hydrogens (tertiary/aromatic N) is 6. The van der Waals surface area contributed by atoms with Gasteiger partial charge in [0.15, 0.2) is 0 Å². The Kier molecular flexibility index (Phi) is 3.20. The van der Waals surface area contributed by atoms with Crippen LogP contribution < -0.4 is 10.6 Å². The van der Waals surface area contributed by atoms with Gasteiger partial charge in [-0.1, -0.05) is 11.6 Å². The van der Waals surface area contributed by atoms with E-state index in [-0.39, 0.29) is 5.95 Å². The standard InChI is InChI=1S/C11H14ClN7/c12-9-4-10(17-11(13)16-9)18-3-1-2-8(5-18)19-7-14-6-15-19/h4,6-8H,1-3,5H2,(H2,13,16,17)/t8-/m1/s1. The van der Waals surface area contributed by atoms with E-state index in [9.17, 15) is 0 Å². The van der Waals surface area contributed by atoms with E-state index in [4.69, 9.17) is 17.3 Å². The van der Waals surface area contributed by atoms with E-state index in [1.165, 1.54) is 0 Å². The second-order valence-electron chi connectivity index (χ2n) is 4.52. The molecule has 1 aliphatic rings. The number of anilines is 2. The van der Waals surface area contributed by atoms with Crippen molar-refractivity contribution < 1.29 is 0 Å². The van der Waals surface area contributed by atoms with Gasteiger partial charge in [-0.05, 0) is 12.8 Å². The first-order valence-electron chi connectivity index (χ1n) is 6.11. The van der Waals surface area contributed by atoms with Crippen LogP contribution in [0.1, 0.15) is 18.9 Å². The molecule has 0 aromatic carbocycles. The summed E-state index contributed by atoms with van der Waals surface area (Å²) in [4.78, 5) is 14.3. The van der Waals surface area contributed by atoms with Gasteiger partial charge in [0, 0.05) is 19.2 Å². The van der Waals surface area contributed by atoms with Gasteiger partial charge in [-0.15, -0.1) is 0 Å². The summed E-state index contributed by atoms with van der Waals surface area (Å²) in [7, 11) is 0. The minimum absolute atomic E-state index is 0.199. The Morgan fingerprint density at radius 1 is 1.37 bits per heavy atom. The quantitative estimate of drug-likeness (QED) is 0.830. The van der Waals surface area contributed by atoms with Crippen molar-refractivity contribution in [3.8, 4) is 0 Å². The van der Waals surface area contributed by atoms with Crippen molar-refractivity contribution in [1.82, 2.24) is 24.7 Å². The fraction of sp³-hybridized carbons (Fsp3) is 0.455. The highest BCUT2D eigenvalue weighted by Gasteiger charge is 2.23. The monoisotopic (exact) mass is 279 g/mol. The van der Waals surface area contributed by atoms with Gasteiger partial charge in [-0.3, -0.25) is 0 Å². The van der Waals surface area contributed by atoms with Crippen LogP contribution in [0, 0.1) is 0 Å². The molecule has 0 unspecified atom stereocenters. The molecule has 1 saturated heterocycles. The van der Waals surface area contributed by atoms with E-state index in [0.717, 1.165) is 31.7 Å². The summed E-state index contributed by atoms with van der Waals surface area (Å²) in [6.07, 6.45) is 5.44. The zero-order valence-corrected chi connectivity index (χ0v) is 11.0. The predicted molar refractivity (Wildman–Crippen MR) is 72.0 cm³/mol. The molecule has 1 fully saturated rings. The fourth-order valence-corrected chi connectivity index (χ4v) is 2.55. The molecular formula is C11H14ClN7. The average Bonchev–Trinajstić information content (AvgIpc) is 2.92. The number of aromatic nitrogens is 5. The third kappa shape index (κ3) is 2.60. The zero-order valence-electron chi connectivity index (χ0n) is 10.3. The largest absolute Gasteiger partial charge is 0.368 e. The zero-order chi connectivity index (χ0) is 13.2. The smallest absolute Gasteiger partial charge is 0.223 e. The minimum atomic E-state index is 0.199. The van der Waals surface area contributed by atoms with Gasteiger partial charge >= 0.3 is 0 Å². The molecule has 1 atom stereocenters. The van der Waals surface area contributed by atoms with Crippen molar-refractivity contribution in [3.05, 3.63) is 23.9 Å². The predicted octanol–water partition coefficient (Wildman–Crippen LogP) is 1.15. The SMILES string of the molecule is Nc1nc(Cl)cc(N2CCC[C@@H](n3cncn3)C2)n1. The van der Waals surface area contributed by atoms with Crippen LogP contribution in [-0.4, -0.2) is 37.8 Å². The molecule has 19 heavy (non-hydrogen) atoms. The number of piperidine rings is 1. The van der Waals surface area contributed by atoms with Gasteiger partial charge in [-0.25, -0.2) is 14.6 Å². The lowest BCUT2D eigenvalue weighted by molar-refractivity contribution is 0.374. The number of nitrogens with two attached hydrogens (primary N) is 1. The van der Waals surface area contributed by atoms with Gasteiger partial charge in [0.05, 0.1) is 6.04 Å². The van der Waals surface area contributed by atoms with Crippen LogP contribution in [0.25, 0.3) is 0 Å². The highest BCUT2D eigenvalue weighted by Crippen LogP contribution is 2.25. The molecule has 100 valence electrons. The Bertz CT molecular complexity index is 536. The summed E-state index contributed by atoms with van der Waals surface area (Å²) in [5.41, 5.74) is 5.63. The molecule has 3 rings (SSSR count). The van der Waals surface area contributed by atoms with Crippen molar-refractivity contribution in [2.24, 2.45) is 0 Å². The van der Waals surface area contributed by atoms with Crippen molar-refractivity contribution in [2.45, 2.75) is 18.9 Å². The molecule has 8 heteroatoms. The van der Waals surface area contributed by atoms with Gasteiger partial charge in [-0.2, -0.15) is 10.1 Å². The number of rotatable bonds is 2.